The molecule has 2 aromatic rings. The fraction of sp³-hybridized carbons (Fsp3) is 0.412. The van der Waals surface area contributed by atoms with Crippen LogP contribution in [0.15, 0.2) is 46.3 Å². The van der Waals surface area contributed by atoms with Crippen molar-refractivity contribution < 1.29 is 0 Å². The van der Waals surface area contributed by atoms with Gasteiger partial charge in [-0.3, -0.25) is 0 Å². The first-order valence-electron chi connectivity index (χ1n) is 7.15. The van der Waals surface area contributed by atoms with E-state index in [1.165, 1.54) is 14.9 Å². The number of hydrogen-bond acceptors (Lipinski definition) is 2. The molecule has 0 saturated carbocycles. The third kappa shape index (κ3) is 2.72. The third-order valence-corrected chi connectivity index (χ3v) is 6.29. The highest BCUT2D eigenvalue weighted by Gasteiger charge is 2.38. The molecule has 0 amide bonds. The van der Waals surface area contributed by atoms with Crippen LogP contribution in [0.1, 0.15) is 43.2 Å². The van der Waals surface area contributed by atoms with Crippen molar-refractivity contribution in [2.75, 3.05) is 7.05 Å². The average molecular weight is 352 g/mol. The Balaban J connectivity index is 2.54. The molecule has 3 heteroatoms. The van der Waals surface area contributed by atoms with Gasteiger partial charge < -0.3 is 5.32 Å². The minimum Gasteiger partial charge on any atom is -0.312 e. The van der Waals surface area contributed by atoms with Crippen molar-refractivity contribution in [3.8, 4) is 0 Å². The van der Waals surface area contributed by atoms with Crippen LogP contribution in [0.2, 0.25) is 0 Å². The molecule has 0 bridgehead atoms. The molecule has 108 valence electrons. The molecule has 0 fully saturated rings. The molecule has 20 heavy (non-hydrogen) atoms. The Bertz CT molecular complexity index is 531. The lowest BCUT2D eigenvalue weighted by atomic mass is 9.69. The van der Waals surface area contributed by atoms with E-state index in [2.05, 4.69) is 83.9 Å². The highest BCUT2D eigenvalue weighted by molar-refractivity contribution is 9.10. The van der Waals surface area contributed by atoms with Gasteiger partial charge in [0.15, 0.2) is 0 Å². The van der Waals surface area contributed by atoms with Crippen molar-refractivity contribution in [3.63, 3.8) is 0 Å². The molecular weight excluding hydrogens is 330 g/mol. The maximum absolute atomic E-state index is 3.70. The molecule has 1 unspecified atom stereocenters. The van der Waals surface area contributed by atoms with Crippen molar-refractivity contribution in [3.05, 3.63) is 56.7 Å². The fourth-order valence-electron chi connectivity index (χ4n) is 3.17. The number of halogens is 1. The number of benzene rings is 1. The molecule has 0 saturated heterocycles. The quantitative estimate of drug-likeness (QED) is 0.721. The van der Waals surface area contributed by atoms with Gasteiger partial charge in [0.1, 0.15) is 0 Å². The molecular formula is C17H22BrNS. The largest absolute Gasteiger partial charge is 0.312 e. The van der Waals surface area contributed by atoms with Gasteiger partial charge in [0.25, 0.3) is 0 Å². The molecule has 2 rings (SSSR count). The van der Waals surface area contributed by atoms with Crippen LogP contribution in [0.25, 0.3) is 0 Å². The minimum absolute atomic E-state index is 0.128. The topological polar surface area (TPSA) is 12.0 Å². The van der Waals surface area contributed by atoms with Crippen molar-refractivity contribution in [2.24, 2.45) is 0 Å². The first-order valence-corrected chi connectivity index (χ1v) is 8.82. The van der Waals surface area contributed by atoms with E-state index in [0.717, 1.165) is 12.8 Å². The lowest BCUT2D eigenvalue weighted by Gasteiger charge is -2.40. The van der Waals surface area contributed by atoms with E-state index < -0.39 is 0 Å². The Morgan fingerprint density at radius 1 is 1.15 bits per heavy atom. The normalized spacial score (nSPS) is 13.4. The zero-order valence-electron chi connectivity index (χ0n) is 12.3. The van der Waals surface area contributed by atoms with Crippen LogP contribution in [-0.2, 0) is 5.41 Å². The summed E-state index contributed by atoms with van der Waals surface area (Å²) >= 11 is 5.53. The highest BCUT2D eigenvalue weighted by Crippen LogP contribution is 2.46. The Kier molecular flexibility index (Phi) is 5.42. The summed E-state index contributed by atoms with van der Waals surface area (Å²) in [6.07, 6.45) is 2.23. The lowest BCUT2D eigenvalue weighted by molar-refractivity contribution is 0.290. The molecule has 1 aromatic heterocycles. The van der Waals surface area contributed by atoms with Crippen LogP contribution in [0.4, 0.5) is 0 Å². The highest BCUT2D eigenvalue weighted by atomic mass is 79.9. The van der Waals surface area contributed by atoms with Gasteiger partial charge in [-0.25, -0.2) is 0 Å². The lowest BCUT2D eigenvalue weighted by Crippen LogP contribution is -2.39. The van der Waals surface area contributed by atoms with E-state index in [1.807, 2.05) is 11.3 Å². The summed E-state index contributed by atoms with van der Waals surface area (Å²) in [5, 5.41) is 5.72. The molecule has 1 N–H and O–H groups in total. The van der Waals surface area contributed by atoms with Crippen molar-refractivity contribution in [1.82, 2.24) is 5.32 Å². The Morgan fingerprint density at radius 3 is 2.25 bits per heavy atom. The van der Waals surface area contributed by atoms with E-state index in [9.17, 15) is 0 Å². The smallest absolute Gasteiger partial charge is 0.0521 e. The summed E-state index contributed by atoms with van der Waals surface area (Å²) in [6, 6.07) is 13.4. The Labute approximate surface area is 134 Å². The second-order valence-corrected chi connectivity index (χ2v) is 6.89. The molecule has 1 aromatic carbocycles. The molecule has 0 radical (unpaired) electrons. The zero-order chi connectivity index (χ0) is 14.6. The van der Waals surface area contributed by atoms with Crippen LogP contribution in [0, 0.1) is 0 Å². The summed E-state index contributed by atoms with van der Waals surface area (Å²) < 4.78 is 1.21. The van der Waals surface area contributed by atoms with Crippen LogP contribution < -0.4 is 5.32 Å². The summed E-state index contributed by atoms with van der Waals surface area (Å²) in [5.74, 6) is 0. The van der Waals surface area contributed by atoms with Gasteiger partial charge in [0.2, 0.25) is 0 Å². The molecule has 1 heterocycles. The van der Waals surface area contributed by atoms with Crippen LogP contribution in [0.3, 0.4) is 0 Å². The molecule has 0 spiro atoms. The first-order chi connectivity index (χ1) is 9.69. The Hall–Kier alpha value is -0.640. The monoisotopic (exact) mass is 351 g/mol. The summed E-state index contributed by atoms with van der Waals surface area (Å²) in [6.45, 7) is 4.59. The van der Waals surface area contributed by atoms with Crippen LogP contribution >= 0.6 is 27.3 Å². The predicted molar refractivity (Wildman–Crippen MR) is 92.5 cm³/mol. The molecule has 0 aliphatic heterocycles. The maximum Gasteiger partial charge on any atom is 0.0521 e. The predicted octanol–water partition coefficient (Wildman–Crippen LogP) is 5.53. The van der Waals surface area contributed by atoms with E-state index >= 15 is 0 Å². The molecule has 1 nitrogen and oxygen atoms in total. The molecule has 0 aliphatic carbocycles. The van der Waals surface area contributed by atoms with E-state index in [4.69, 9.17) is 0 Å². The Morgan fingerprint density at radius 2 is 1.80 bits per heavy atom. The van der Waals surface area contributed by atoms with Gasteiger partial charge in [0, 0.05) is 14.8 Å². The van der Waals surface area contributed by atoms with Gasteiger partial charge in [-0.15, -0.1) is 11.3 Å². The minimum atomic E-state index is 0.128. The number of hydrogen-bond donors (Lipinski definition) is 1. The van der Waals surface area contributed by atoms with Gasteiger partial charge >= 0.3 is 0 Å². The van der Waals surface area contributed by atoms with Crippen LogP contribution in [-0.4, -0.2) is 7.05 Å². The SMILES string of the molecule is CCC(CC)(c1ccccc1)C(NC)c1sccc1Br. The molecule has 0 aliphatic rings. The van der Waals surface area contributed by atoms with Gasteiger partial charge in [-0.05, 0) is 52.8 Å². The zero-order valence-corrected chi connectivity index (χ0v) is 14.7. The second kappa shape index (κ2) is 6.88. The van der Waals surface area contributed by atoms with Gasteiger partial charge in [-0.1, -0.05) is 44.2 Å². The van der Waals surface area contributed by atoms with E-state index in [-0.39, 0.29) is 5.41 Å². The van der Waals surface area contributed by atoms with Crippen LogP contribution in [0.5, 0.6) is 0 Å². The summed E-state index contributed by atoms with van der Waals surface area (Å²) in [7, 11) is 2.07. The number of nitrogens with one attached hydrogen (secondary N) is 1. The van der Waals surface area contributed by atoms with E-state index in [1.54, 1.807) is 0 Å². The number of thiophene rings is 1. The third-order valence-electron chi connectivity index (χ3n) is 4.36. The van der Waals surface area contributed by atoms with Crippen molar-refractivity contribution in [1.29, 1.82) is 0 Å². The van der Waals surface area contributed by atoms with E-state index in [0.29, 0.717) is 6.04 Å². The van der Waals surface area contributed by atoms with Gasteiger partial charge in [-0.2, -0.15) is 0 Å². The fourth-order valence-corrected chi connectivity index (χ4v) is 5.00. The van der Waals surface area contributed by atoms with Gasteiger partial charge in [0.05, 0.1) is 6.04 Å². The second-order valence-electron chi connectivity index (χ2n) is 5.08. The first kappa shape index (κ1) is 15.7. The number of likely N-dealkylation sites (N-methyl/N-ethyl adjacent to an activating group) is 1. The number of rotatable bonds is 6. The average Bonchev–Trinajstić information content (AvgIpc) is 2.91. The summed E-state index contributed by atoms with van der Waals surface area (Å²) in [5.41, 5.74) is 1.55. The van der Waals surface area contributed by atoms with Crippen molar-refractivity contribution in [2.45, 2.75) is 38.1 Å². The maximum atomic E-state index is 3.70. The van der Waals surface area contributed by atoms with Crippen molar-refractivity contribution >= 4 is 27.3 Å². The summed E-state index contributed by atoms with van der Waals surface area (Å²) in [4.78, 5) is 1.39. The molecule has 1 atom stereocenters. The standard InChI is InChI=1S/C17H22BrNS/c1-4-17(5-2,13-9-7-6-8-10-13)16(19-3)15-14(18)11-12-20-15/h6-12,16,19H,4-5H2,1-3H3.